The second kappa shape index (κ2) is 6.57. The Morgan fingerprint density at radius 2 is 2.17 bits per heavy atom. The summed E-state index contributed by atoms with van der Waals surface area (Å²) < 4.78 is 6.36. The molecule has 1 atom stereocenters. The third-order valence-electron chi connectivity index (χ3n) is 3.86. The average Bonchev–Trinajstić information content (AvgIpc) is 3.20. The molecule has 1 aromatic carbocycles. The van der Waals surface area contributed by atoms with Crippen LogP contribution in [0.2, 0.25) is 0 Å². The van der Waals surface area contributed by atoms with Crippen LogP contribution in [-0.2, 0) is 23.0 Å². The van der Waals surface area contributed by atoms with Crippen LogP contribution in [-0.4, -0.2) is 39.8 Å². The highest BCUT2D eigenvalue weighted by atomic mass is 16.5. The second-order valence-corrected chi connectivity index (χ2v) is 5.52. The number of ether oxygens (including phenoxy) is 1. The number of aromatic nitrogens is 3. The van der Waals surface area contributed by atoms with Crippen molar-refractivity contribution in [1.82, 2.24) is 20.1 Å². The van der Waals surface area contributed by atoms with E-state index in [4.69, 9.17) is 4.74 Å². The number of esters is 1. The molecule has 7 nitrogen and oxygen atoms in total. The molecule has 24 heavy (non-hydrogen) atoms. The van der Waals surface area contributed by atoms with E-state index in [1.807, 2.05) is 30.5 Å². The van der Waals surface area contributed by atoms with Crippen LogP contribution in [0.3, 0.4) is 0 Å². The van der Waals surface area contributed by atoms with Crippen molar-refractivity contribution in [3.8, 4) is 0 Å². The third kappa shape index (κ3) is 3.15. The molecule has 0 aliphatic carbocycles. The highest BCUT2D eigenvalue weighted by molar-refractivity contribution is 5.96. The van der Waals surface area contributed by atoms with Crippen LogP contribution < -0.4 is 5.32 Å². The summed E-state index contributed by atoms with van der Waals surface area (Å²) in [5, 5.41) is 7.70. The molecule has 2 heterocycles. The number of aromatic amines is 1. The summed E-state index contributed by atoms with van der Waals surface area (Å²) in [5.74, 6) is -0.851. The molecule has 0 spiro atoms. The topological polar surface area (TPSA) is 89.0 Å². The quantitative estimate of drug-likeness (QED) is 0.694. The lowest BCUT2D eigenvalue weighted by molar-refractivity contribution is -0.142. The van der Waals surface area contributed by atoms with Gasteiger partial charge in [-0.05, 0) is 11.6 Å². The van der Waals surface area contributed by atoms with Crippen molar-refractivity contribution in [3.63, 3.8) is 0 Å². The first kappa shape index (κ1) is 15.8. The van der Waals surface area contributed by atoms with Gasteiger partial charge in [-0.1, -0.05) is 18.2 Å². The number of rotatable bonds is 5. The number of H-pyrrole nitrogens is 1. The van der Waals surface area contributed by atoms with Gasteiger partial charge in [-0.25, -0.2) is 4.79 Å². The Morgan fingerprint density at radius 1 is 1.38 bits per heavy atom. The van der Waals surface area contributed by atoms with E-state index >= 15 is 0 Å². The summed E-state index contributed by atoms with van der Waals surface area (Å²) in [6.07, 6.45) is 5.23. The lowest BCUT2D eigenvalue weighted by Crippen LogP contribution is -2.43. The molecule has 0 saturated carbocycles. The van der Waals surface area contributed by atoms with Gasteiger partial charge in [0.15, 0.2) is 0 Å². The highest BCUT2D eigenvalue weighted by Crippen LogP contribution is 2.19. The minimum atomic E-state index is -0.776. The van der Waals surface area contributed by atoms with Crippen LogP contribution in [0.25, 0.3) is 10.9 Å². The lowest BCUT2D eigenvalue weighted by Gasteiger charge is -2.15. The van der Waals surface area contributed by atoms with Crippen LogP contribution in [0.5, 0.6) is 0 Å². The van der Waals surface area contributed by atoms with Crippen LogP contribution >= 0.6 is 0 Å². The number of nitrogens with one attached hydrogen (secondary N) is 2. The van der Waals surface area contributed by atoms with Crippen molar-refractivity contribution < 1.29 is 14.3 Å². The minimum absolute atomic E-state index is 0.336. The highest BCUT2D eigenvalue weighted by Gasteiger charge is 2.24. The van der Waals surface area contributed by atoms with E-state index in [-0.39, 0.29) is 5.91 Å². The molecule has 1 amide bonds. The molecular weight excluding hydrogens is 308 g/mol. The molecule has 0 bridgehead atoms. The first-order chi connectivity index (χ1) is 11.6. The molecule has 2 aromatic heterocycles. The van der Waals surface area contributed by atoms with Gasteiger partial charge in [0.1, 0.15) is 6.04 Å². The second-order valence-electron chi connectivity index (χ2n) is 5.52. The largest absolute Gasteiger partial charge is 0.467 e. The fraction of sp³-hybridized carbons (Fsp3) is 0.235. The predicted molar refractivity (Wildman–Crippen MR) is 88.5 cm³/mol. The molecule has 0 aliphatic heterocycles. The van der Waals surface area contributed by atoms with Crippen LogP contribution in [0.15, 0.2) is 42.9 Å². The zero-order chi connectivity index (χ0) is 17.1. The van der Waals surface area contributed by atoms with Crippen molar-refractivity contribution in [2.45, 2.75) is 12.5 Å². The number of benzene rings is 1. The van der Waals surface area contributed by atoms with E-state index in [1.165, 1.54) is 18.0 Å². The Labute approximate surface area is 138 Å². The first-order valence-electron chi connectivity index (χ1n) is 7.51. The van der Waals surface area contributed by atoms with Gasteiger partial charge < -0.3 is 15.0 Å². The van der Waals surface area contributed by atoms with Gasteiger partial charge in [-0.2, -0.15) is 5.10 Å². The van der Waals surface area contributed by atoms with E-state index < -0.39 is 12.0 Å². The van der Waals surface area contributed by atoms with Gasteiger partial charge in [0.05, 0.1) is 18.9 Å². The maximum atomic E-state index is 12.3. The summed E-state index contributed by atoms with van der Waals surface area (Å²) >= 11 is 0. The van der Waals surface area contributed by atoms with E-state index in [0.29, 0.717) is 12.0 Å². The summed E-state index contributed by atoms with van der Waals surface area (Å²) in [6, 6.07) is 7.02. The Bertz CT molecular complexity index is 881. The van der Waals surface area contributed by atoms with Gasteiger partial charge in [-0.15, -0.1) is 0 Å². The molecule has 0 fully saturated rings. The van der Waals surface area contributed by atoms with Gasteiger partial charge in [0.2, 0.25) is 0 Å². The van der Waals surface area contributed by atoms with Crippen LogP contribution in [0.4, 0.5) is 0 Å². The van der Waals surface area contributed by atoms with E-state index in [9.17, 15) is 9.59 Å². The van der Waals surface area contributed by atoms with Crippen LogP contribution in [0, 0.1) is 0 Å². The Hall–Kier alpha value is -3.09. The number of aryl methyl sites for hydroxylation is 1. The van der Waals surface area contributed by atoms with Crippen molar-refractivity contribution in [1.29, 1.82) is 0 Å². The van der Waals surface area contributed by atoms with Gasteiger partial charge in [-0.3, -0.25) is 9.48 Å². The number of methoxy groups -OCH3 is 1. The van der Waals surface area contributed by atoms with E-state index in [0.717, 1.165) is 16.5 Å². The summed E-state index contributed by atoms with van der Waals surface area (Å²) in [4.78, 5) is 27.5. The number of nitrogens with zero attached hydrogens (tertiary/aromatic N) is 2. The molecule has 0 unspecified atom stereocenters. The number of carbonyl (C=O) groups excluding carboxylic acids is 2. The molecule has 2 N–H and O–H groups in total. The van der Waals surface area contributed by atoms with Gasteiger partial charge in [0.25, 0.3) is 5.91 Å². The number of amides is 1. The van der Waals surface area contributed by atoms with Gasteiger partial charge in [0, 0.05) is 36.8 Å². The number of fused-ring (bicyclic) bond motifs is 1. The Balaban J connectivity index is 1.81. The molecule has 0 saturated heterocycles. The number of hydrogen-bond donors (Lipinski definition) is 2. The van der Waals surface area contributed by atoms with Crippen molar-refractivity contribution in [2.75, 3.05) is 7.11 Å². The zero-order valence-electron chi connectivity index (χ0n) is 13.4. The standard InChI is InChI=1S/C17H18N4O3/c1-21-10-12(9-19-21)16(22)20-15(17(23)24-2)7-11-8-18-14-6-4-3-5-13(11)14/h3-6,8-10,15,18H,7H2,1-2H3,(H,20,22)/t15-/m1/s1. The normalized spacial score (nSPS) is 12.1. The SMILES string of the molecule is COC(=O)[C@@H](Cc1c[nH]c2ccccc12)NC(=O)c1cnn(C)c1. The number of carbonyl (C=O) groups is 2. The molecule has 3 aromatic rings. The lowest BCUT2D eigenvalue weighted by atomic mass is 10.0. The monoisotopic (exact) mass is 326 g/mol. The maximum Gasteiger partial charge on any atom is 0.328 e. The van der Waals surface area contributed by atoms with E-state index in [1.54, 1.807) is 13.2 Å². The third-order valence-corrected chi connectivity index (χ3v) is 3.86. The van der Waals surface area contributed by atoms with Crippen molar-refractivity contribution in [3.05, 3.63) is 54.0 Å². The first-order valence-corrected chi connectivity index (χ1v) is 7.51. The molecule has 124 valence electrons. The number of para-hydroxylation sites is 1. The van der Waals surface area contributed by atoms with Gasteiger partial charge >= 0.3 is 5.97 Å². The fourth-order valence-electron chi connectivity index (χ4n) is 2.64. The molecule has 3 rings (SSSR count). The summed E-state index contributed by atoms with van der Waals surface area (Å²) in [5.41, 5.74) is 2.31. The Morgan fingerprint density at radius 3 is 2.88 bits per heavy atom. The fourth-order valence-corrected chi connectivity index (χ4v) is 2.64. The van der Waals surface area contributed by atoms with Crippen molar-refractivity contribution in [2.24, 2.45) is 7.05 Å². The smallest absolute Gasteiger partial charge is 0.328 e. The van der Waals surface area contributed by atoms with Crippen LogP contribution in [0.1, 0.15) is 15.9 Å². The molecule has 0 aliphatic rings. The average molecular weight is 326 g/mol. The summed E-state index contributed by atoms with van der Waals surface area (Å²) in [6.45, 7) is 0. The summed E-state index contributed by atoms with van der Waals surface area (Å²) in [7, 11) is 3.03. The van der Waals surface area contributed by atoms with Crippen molar-refractivity contribution >= 4 is 22.8 Å². The van der Waals surface area contributed by atoms with E-state index in [2.05, 4.69) is 15.4 Å². The number of hydrogen-bond acceptors (Lipinski definition) is 4. The molecule has 7 heteroatoms. The minimum Gasteiger partial charge on any atom is -0.467 e. The predicted octanol–water partition coefficient (Wildman–Crippen LogP) is 1.42. The zero-order valence-corrected chi connectivity index (χ0v) is 13.4. The molecular formula is C17H18N4O3. The Kier molecular flexibility index (Phi) is 4.33. The maximum absolute atomic E-state index is 12.3. The molecule has 0 radical (unpaired) electrons.